The van der Waals surface area contributed by atoms with Crippen LogP contribution < -0.4 is 0 Å². The van der Waals surface area contributed by atoms with Crippen molar-refractivity contribution in [2.24, 2.45) is 0 Å². The van der Waals surface area contributed by atoms with Gasteiger partial charge in [-0.2, -0.15) is 0 Å². The molecule has 3 nitrogen and oxygen atoms in total. The van der Waals surface area contributed by atoms with E-state index in [4.69, 9.17) is 20.6 Å². The summed E-state index contributed by atoms with van der Waals surface area (Å²) in [6, 6.07) is 0. The average Bonchev–Trinajstić information content (AvgIpc) is 2.24. The van der Waals surface area contributed by atoms with Crippen LogP contribution in [-0.4, -0.2) is 32.2 Å². The maximum Gasteiger partial charge on any atom is 0.363 e. The molecule has 0 heterocycles. The van der Waals surface area contributed by atoms with E-state index in [0.717, 1.165) is 0 Å². The Labute approximate surface area is 116 Å². The second kappa shape index (κ2) is 7.39. The largest absolute Gasteiger partial charge is 0.363 e. The summed E-state index contributed by atoms with van der Waals surface area (Å²) in [5.74, 6) is 0.342. The molecule has 0 aromatic rings. The van der Waals surface area contributed by atoms with E-state index in [9.17, 15) is 4.57 Å². The Bertz CT molecular complexity index is 289. The van der Waals surface area contributed by atoms with Gasteiger partial charge in [0, 0.05) is 5.88 Å². The van der Waals surface area contributed by atoms with Crippen LogP contribution in [0, 0.1) is 0 Å². The molecular weight excluding hydrogens is 294 g/mol. The van der Waals surface area contributed by atoms with E-state index in [0.29, 0.717) is 12.3 Å². The van der Waals surface area contributed by atoms with Crippen molar-refractivity contribution in [1.82, 2.24) is 0 Å². The van der Waals surface area contributed by atoms with E-state index in [1.165, 1.54) is 0 Å². The van der Waals surface area contributed by atoms with Gasteiger partial charge in [-0.15, -0.1) is 11.6 Å². The second-order valence-electron chi connectivity index (χ2n) is 5.13. The van der Waals surface area contributed by atoms with E-state index in [-0.39, 0.29) is 19.6 Å². The van der Waals surface area contributed by atoms with Crippen molar-refractivity contribution >= 4 is 27.3 Å². The van der Waals surface area contributed by atoms with E-state index in [2.05, 4.69) is 0 Å². The van der Waals surface area contributed by atoms with Crippen LogP contribution in [-0.2, 0) is 13.6 Å². The molecule has 0 bridgehead atoms. The zero-order chi connectivity index (χ0) is 14.4. The lowest BCUT2D eigenvalue weighted by molar-refractivity contribution is 0.169. The summed E-state index contributed by atoms with van der Waals surface area (Å²) in [4.78, 5) is 0. The third-order valence-electron chi connectivity index (χ3n) is 2.82. The molecule has 7 heteroatoms. The molecule has 0 amide bonds. The number of alkyl halides is 2. The van der Waals surface area contributed by atoms with Gasteiger partial charge in [-0.25, -0.2) is 4.39 Å². The van der Waals surface area contributed by atoms with Crippen molar-refractivity contribution in [3.63, 3.8) is 0 Å². The van der Waals surface area contributed by atoms with Crippen molar-refractivity contribution in [2.45, 2.75) is 51.4 Å². The molecule has 0 saturated heterocycles. The molecule has 0 aromatic heterocycles. The summed E-state index contributed by atoms with van der Waals surface area (Å²) in [6.45, 7) is 9.25. The minimum Gasteiger partial charge on any atom is -0.307 e. The fourth-order valence-electron chi connectivity index (χ4n) is 1.81. The van der Waals surface area contributed by atoms with Gasteiger partial charge in [0.1, 0.15) is 8.07 Å². The summed E-state index contributed by atoms with van der Waals surface area (Å²) in [7, 11) is -6.15. The highest BCUT2D eigenvalue weighted by atomic mass is 35.5. The Morgan fingerprint density at radius 3 is 1.94 bits per heavy atom. The summed E-state index contributed by atoms with van der Waals surface area (Å²) in [6.07, 6.45) is 0.593. The Morgan fingerprint density at radius 2 is 1.67 bits per heavy atom. The van der Waals surface area contributed by atoms with Crippen molar-refractivity contribution in [1.29, 1.82) is 0 Å². The summed E-state index contributed by atoms with van der Waals surface area (Å²) >= 11 is 5.64. The van der Waals surface area contributed by atoms with Gasteiger partial charge in [0.05, 0.1) is 13.2 Å². The molecule has 0 aliphatic carbocycles. The van der Waals surface area contributed by atoms with Crippen LogP contribution in [0.3, 0.4) is 0 Å². The highest BCUT2D eigenvalue weighted by Gasteiger charge is 2.59. The standard InChI is InChI=1S/C11H25ClFO3PSi/c1-6-15-17(14,16-7-2)11(13,9-8-10-12)18(3,4)5/h6-10H2,1-5H3. The van der Waals surface area contributed by atoms with Gasteiger partial charge in [-0.1, -0.05) is 19.6 Å². The Morgan fingerprint density at radius 1 is 1.22 bits per heavy atom. The lowest BCUT2D eigenvalue weighted by Gasteiger charge is -2.40. The fraction of sp³-hybridized carbons (Fsp3) is 1.00. The van der Waals surface area contributed by atoms with Crippen molar-refractivity contribution in [3.05, 3.63) is 0 Å². The summed E-state index contributed by atoms with van der Waals surface area (Å²) < 4.78 is 38.6. The first-order chi connectivity index (χ1) is 8.18. The van der Waals surface area contributed by atoms with Crippen molar-refractivity contribution in [2.75, 3.05) is 19.1 Å². The molecule has 0 rings (SSSR count). The summed E-state index contributed by atoms with van der Waals surface area (Å²) in [5.41, 5.74) is 0. The molecule has 0 saturated carbocycles. The van der Waals surface area contributed by atoms with Gasteiger partial charge in [-0.3, -0.25) is 4.57 Å². The van der Waals surface area contributed by atoms with Gasteiger partial charge >= 0.3 is 7.60 Å². The first kappa shape index (κ1) is 18.6. The molecule has 0 aliphatic heterocycles. The maximum atomic E-state index is 15.4. The van der Waals surface area contributed by atoms with E-state index in [1.807, 2.05) is 19.6 Å². The fourth-order valence-corrected chi connectivity index (χ4v) is 8.14. The van der Waals surface area contributed by atoms with E-state index in [1.54, 1.807) is 13.8 Å². The minimum atomic E-state index is -3.76. The monoisotopic (exact) mass is 318 g/mol. The van der Waals surface area contributed by atoms with Crippen LogP contribution in [0.25, 0.3) is 0 Å². The minimum absolute atomic E-state index is 0.128. The molecule has 0 radical (unpaired) electrons. The summed E-state index contributed by atoms with van der Waals surface area (Å²) in [5, 5.41) is -1.89. The maximum absolute atomic E-state index is 15.4. The number of halogens is 2. The normalized spacial score (nSPS) is 16.6. The SMILES string of the molecule is CCOP(=O)(OCC)C(F)(CCCCl)[Si](C)(C)C. The predicted molar refractivity (Wildman–Crippen MR) is 78.0 cm³/mol. The van der Waals surface area contributed by atoms with Gasteiger partial charge < -0.3 is 9.05 Å². The molecule has 0 aliphatic rings. The molecule has 0 fully saturated rings. The van der Waals surface area contributed by atoms with Crippen LogP contribution in [0.5, 0.6) is 0 Å². The Kier molecular flexibility index (Phi) is 7.63. The average molecular weight is 319 g/mol. The molecule has 0 spiro atoms. The van der Waals surface area contributed by atoms with Gasteiger partial charge in [0.25, 0.3) is 0 Å². The number of hydrogen-bond acceptors (Lipinski definition) is 3. The third kappa shape index (κ3) is 4.04. The quantitative estimate of drug-likeness (QED) is 0.347. The molecule has 110 valence electrons. The first-order valence-electron chi connectivity index (χ1n) is 6.32. The van der Waals surface area contributed by atoms with E-state index >= 15 is 4.39 Å². The number of rotatable bonds is 9. The van der Waals surface area contributed by atoms with Gasteiger partial charge in [0.2, 0.25) is 0 Å². The molecule has 1 unspecified atom stereocenters. The van der Waals surface area contributed by atoms with Crippen LogP contribution in [0.4, 0.5) is 4.39 Å². The molecule has 18 heavy (non-hydrogen) atoms. The third-order valence-corrected chi connectivity index (χ3v) is 10.8. The van der Waals surface area contributed by atoms with E-state index < -0.39 is 20.7 Å². The van der Waals surface area contributed by atoms with Gasteiger partial charge in [0.15, 0.2) is 5.03 Å². The smallest absolute Gasteiger partial charge is 0.307 e. The zero-order valence-corrected chi connectivity index (χ0v) is 14.6. The van der Waals surface area contributed by atoms with Crippen LogP contribution >= 0.6 is 19.2 Å². The Balaban J connectivity index is 5.43. The highest BCUT2D eigenvalue weighted by molar-refractivity contribution is 7.59. The molecule has 0 N–H and O–H groups in total. The molecule has 0 aromatic carbocycles. The van der Waals surface area contributed by atoms with Crippen LogP contribution in [0.15, 0.2) is 0 Å². The lowest BCUT2D eigenvalue weighted by Crippen LogP contribution is -2.49. The van der Waals surface area contributed by atoms with Crippen molar-refractivity contribution in [3.8, 4) is 0 Å². The highest BCUT2D eigenvalue weighted by Crippen LogP contribution is 2.66. The van der Waals surface area contributed by atoms with Crippen LogP contribution in [0.1, 0.15) is 26.7 Å². The molecular formula is C11H25ClFO3PSi. The topological polar surface area (TPSA) is 35.5 Å². The Hall–Kier alpha value is 0.587. The van der Waals surface area contributed by atoms with Crippen LogP contribution in [0.2, 0.25) is 19.6 Å². The van der Waals surface area contributed by atoms with Crippen molar-refractivity contribution < 1.29 is 18.0 Å². The second-order valence-corrected chi connectivity index (χ2v) is 13.4. The molecule has 1 atom stereocenters. The lowest BCUT2D eigenvalue weighted by atomic mass is 10.4. The number of hydrogen-bond donors (Lipinski definition) is 0. The first-order valence-corrected chi connectivity index (χ1v) is 11.9. The van der Waals surface area contributed by atoms with Gasteiger partial charge in [-0.05, 0) is 26.7 Å². The zero-order valence-electron chi connectivity index (χ0n) is 12.0. The predicted octanol–water partition coefficient (Wildman–Crippen LogP) is 4.81.